The third-order valence-corrected chi connectivity index (χ3v) is 2.74. The third kappa shape index (κ3) is 4.73. The Kier molecular flexibility index (Phi) is 4.52. The van der Waals surface area contributed by atoms with Crippen LogP contribution >= 0.6 is 0 Å². The molecule has 1 aromatic rings. The van der Waals surface area contributed by atoms with E-state index in [4.69, 9.17) is 0 Å². The molecule has 1 N–H and O–H groups in total. The quantitative estimate of drug-likeness (QED) is 0.869. The number of aryl methyl sites for hydroxylation is 1. The highest BCUT2D eigenvalue weighted by Gasteiger charge is 2.12. The van der Waals surface area contributed by atoms with E-state index in [1.807, 2.05) is 23.6 Å². The van der Waals surface area contributed by atoms with Gasteiger partial charge < -0.3 is 9.88 Å². The minimum atomic E-state index is 0.0904. The summed E-state index contributed by atoms with van der Waals surface area (Å²) >= 11 is 0. The molecule has 0 aliphatic carbocycles. The summed E-state index contributed by atoms with van der Waals surface area (Å²) < 4.78 is 1.84. The van der Waals surface area contributed by atoms with Gasteiger partial charge in [-0.25, -0.2) is 0 Å². The van der Waals surface area contributed by atoms with E-state index in [0.29, 0.717) is 5.92 Å². The lowest BCUT2D eigenvalue weighted by molar-refractivity contribution is 0.356. The standard InChI is InChI=1S/C14H24N2O/c1-11(9-15-14(3,4)5)10-16-12(2)7-6-8-13(16)17/h6-8,11,15H,9-10H2,1-5H3. The summed E-state index contributed by atoms with van der Waals surface area (Å²) in [5.41, 5.74) is 1.25. The largest absolute Gasteiger partial charge is 0.313 e. The van der Waals surface area contributed by atoms with Crippen molar-refractivity contribution in [2.75, 3.05) is 6.54 Å². The van der Waals surface area contributed by atoms with Gasteiger partial charge in [-0.1, -0.05) is 13.0 Å². The molecule has 1 atom stereocenters. The van der Waals surface area contributed by atoms with Gasteiger partial charge in [0.25, 0.3) is 5.56 Å². The van der Waals surface area contributed by atoms with E-state index in [1.165, 1.54) is 0 Å². The van der Waals surface area contributed by atoms with Crippen LogP contribution in [0.25, 0.3) is 0 Å². The van der Waals surface area contributed by atoms with Crippen LogP contribution in [0.1, 0.15) is 33.4 Å². The molecule has 0 aliphatic heterocycles. The zero-order valence-corrected chi connectivity index (χ0v) is 11.6. The summed E-state index contributed by atoms with van der Waals surface area (Å²) in [4.78, 5) is 11.7. The van der Waals surface area contributed by atoms with Crippen molar-refractivity contribution in [2.24, 2.45) is 5.92 Å². The van der Waals surface area contributed by atoms with Crippen molar-refractivity contribution >= 4 is 0 Å². The number of hydrogen-bond donors (Lipinski definition) is 1. The minimum absolute atomic E-state index is 0.0904. The Labute approximate surface area is 104 Å². The molecule has 0 saturated carbocycles. The van der Waals surface area contributed by atoms with Crippen LogP contribution in [0.2, 0.25) is 0 Å². The molecule has 1 heterocycles. The van der Waals surface area contributed by atoms with E-state index >= 15 is 0 Å². The van der Waals surface area contributed by atoms with Crippen LogP contribution in [-0.4, -0.2) is 16.7 Å². The summed E-state index contributed by atoms with van der Waals surface area (Å²) in [5.74, 6) is 0.438. The maximum absolute atomic E-state index is 11.7. The molecule has 0 radical (unpaired) electrons. The second-order valence-corrected chi connectivity index (χ2v) is 5.85. The fraction of sp³-hybridized carbons (Fsp3) is 0.643. The Balaban J connectivity index is 2.63. The van der Waals surface area contributed by atoms with Crippen LogP contribution in [0.15, 0.2) is 23.0 Å². The Morgan fingerprint density at radius 1 is 1.35 bits per heavy atom. The molecule has 0 saturated heterocycles. The van der Waals surface area contributed by atoms with Gasteiger partial charge in [0.05, 0.1) is 0 Å². The number of pyridine rings is 1. The summed E-state index contributed by atoms with van der Waals surface area (Å²) in [6.45, 7) is 12.3. The Morgan fingerprint density at radius 2 is 2.00 bits per heavy atom. The van der Waals surface area contributed by atoms with Gasteiger partial charge in [-0.05, 0) is 46.2 Å². The Hall–Kier alpha value is -1.09. The van der Waals surface area contributed by atoms with E-state index in [-0.39, 0.29) is 11.1 Å². The predicted octanol–water partition coefficient (Wildman–Crippen LogP) is 2.18. The SMILES string of the molecule is Cc1cccc(=O)n1CC(C)CNC(C)(C)C. The highest BCUT2D eigenvalue weighted by atomic mass is 16.1. The maximum Gasteiger partial charge on any atom is 0.250 e. The monoisotopic (exact) mass is 236 g/mol. The van der Waals surface area contributed by atoms with Crippen LogP contribution in [0.5, 0.6) is 0 Å². The number of nitrogens with one attached hydrogen (secondary N) is 1. The second kappa shape index (κ2) is 5.50. The summed E-state index contributed by atoms with van der Waals surface area (Å²) in [7, 11) is 0. The highest BCUT2D eigenvalue weighted by Crippen LogP contribution is 2.04. The topological polar surface area (TPSA) is 34.0 Å². The molecule has 0 spiro atoms. The van der Waals surface area contributed by atoms with Gasteiger partial charge in [0.2, 0.25) is 0 Å². The van der Waals surface area contributed by atoms with Crippen LogP contribution in [0, 0.1) is 12.8 Å². The van der Waals surface area contributed by atoms with Gasteiger partial charge in [0.1, 0.15) is 0 Å². The lowest BCUT2D eigenvalue weighted by atomic mass is 10.1. The number of rotatable bonds is 4. The zero-order chi connectivity index (χ0) is 13.1. The average Bonchev–Trinajstić information content (AvgIpc) is 2.20. The van der Waals surface area contributed by atoms with Gasteiger partial charge in [0, 0.05) is 23.8 Å². The minimum Gasteiger partial charge on any atom is -0.313 e. The lowest BCUT2D eigenvalue weighted by Crippen LogP contribution is -2.40. The molecule has 0 fully saturated rings. The normalized spacial score (nSPS) is 13.7. The van der Waals surface area contributed by atoms with Gasteiger partial charge in [-0.2, -0.15) is 0 Å². The molecule has 0 amide bonds. The lowest BCUT2D eigenvalue weighted by Gasteiger charge is -2.24. The Bertz CT molecular complexity index is 415. The van der Waals surface area contributed by atoms with Crippen LogP contribution in [-0.2, 0) is 6.54 Å². The number of hydrogen-bond acceptors (Lipinski definition) is 2. The van der Waals surface area contributed by atoms with E-state index in [1.54, 1.807) is 6.07 Å². The van der Waals surface area contributed by atoms with Crippen molar-refractivity contribution in [3.63, 3.8) is 0 Å². The average molecular weight is 236 g/mol. The summed E-state index contributed by atoms with van der Waals surface area (Å²) in [6, 6.07) is 5.41. The first kappa shape index (κ1) is 14.0. The molecular weight excluding hydrogens is 212 g/mol. The summed E-state index contributed by atoms with van der Waals surface area (Å²) in [6.07, 6.45) is 0. The predicted molar refractivity (Wildman–Crippen MR) is 72.4 cm³/mol. The third-order valence-electron chi connectivity index (χ3n) is 2.74. The fourth-order valence-corrected chi connectivity index (χ4v) is 1.71. The van der Waals surface area contributed by atoms with Gasteiger partial charge in [0.15, 0.2) is 0 Å². The molecule has 3 nitrogen and oxygen atoms in total. The van der Waals surface area contributed by atoms with E-state index < -0.39 is 0 Å². The maximum atomic E-state index is 11.7. The molecule has 17 heavy (non-hydrogen) atoms. The van der Waals surface area contributed by atoms with Crippen molar-refractivity contribution in [3.05, 3.63) is 34.2 Å². The van der Waals surface area contributed by atoms with E-state index in [0.717, 1.165) is 18.8 Å². The van der Waals surface area contributed by atoms with Gasteiger partial charge >= 0.3 is 0 Å². The molecule has 1 aromatic heterocycles. The van der Waals surface area contributed by atoms with Crippen LogP contribution < -0.4 is 10.9 Å². The molecule has 96 valence electrons. The molecular formula is C14H24N2O. The molecule has 1 rings (SSSR count). The van der Waals surface area contributed by atoms with Crippen molar-refractivity contribution in [3.8, 4) is 0 Å². The van der Waals surface area contributed by atoms with Crippen LogP contribution in [0.3, 0.4) is 0 Å². The van der Waals surface area contributed by atoms with Gasteiger partial charge in [-0.3, -0.25) is 4.79 Å². The molecule has 3 heteroatoms. The zero-order valence-electron chi connectivity index (χ0n) is 11.6. The van der Waals surface area contributed by atoms with Gasteiger partial charge in [-0.15, -0.1) is 0 Å². The van der Waals surface area contributed by atoms with Crippen molar-refractivity contribution in [2.45, 2.75) is 46.7 Å². The smallest absolute Gasteiger partial charge is 0.250 e. The first-order chi connectivity index (χ1) is 7.79. The first-order valence-corrected chi connectivity index (χ1v) is 6.21. The molecule has 1 unspecified atom stereocenters. The molecule has 0 aliphatic rings. The van der Waals surface area contributed by atoms with Crippen molar-refractivity contribution < 1.29 is 0 Å². The molecule has 0 aromatic carbocycles. The van der Waals surface area contributed by atoms with Crippen molar-refractivity contribution in [1.82, 2.24) is 9.88 Å². The second-order valence-electron chi connectivity index (χ2n) is 5.85. The number of nitrogens with zero attached hydrogens (tertiary/aromatic N) is 1. The summed E-state index contributed by atoms with van der Waals surface area (Å²) in [5, 5.41) is 3.47. The van der Waals surface area contributed by atoms with Crippen LogP contribution in [0.4, 0.5) is 0 Å². The highest BCUT2D eigenvalue weighted by molar-refractivity contribution is 5.04. The fourth-order valence-electron chi connectivity index (χ4n) is 1.71. The Morgan fingerprint density at radius 3 is 2.53 bits per heavy atom. The number of aromatic nitrogens is 1. The van der Waals surface area contributed by atoms with E-state index in [9.17, 15) is 4.79 Å². The van der Waals surface area contributed by atoms with Crippen molar-refractivity contribution in [1.29, 1.82) is 0 Å². The van der Waals surface area contributed by atoms with E-state index in [2.05, 4.69) is 33.0 Å². The molecule has 0 bridgehead atoms. The first-order valence-electron chi connectivity index (χ1n) is 6.21.